The first kappa shape index (κ1) is 14.7. The van der Waals surface area contributed by atoms with Crippen LogP contribution in [0.5, 0.6) is 5.75 Å². The molecule has 0 heterocycles. The van der Waals surface area contributed by atoms with Crippen LogP contribution in [0.1, 0.15) is 10.4 Å². The van der Waals surface area contributed by atoms with Gasteiger partial charge in [-0.1, -0.05) is 0 Å². The van der Waals surface area contributed by atoms with E-state index in [1.807, 2.05) is 0 Å². The Balaban J connectivity index is 2.09. The van der Waals surface area contributed by atoms with Crippen molar-refractivity contribution in [1.82, 2.24) is 0 Å². The van der Waals surface area contributed by atoms with Crippen molar-refractivity contribution >= 4 is 17.3 Å². The molecule has 0 bridgehead atoms. The fourth-order valence-corrected chi connectivity index (χ4v) is 1.68. The van der Waals surface area contributed by atoms with Crippen LogP contribution in [0.4, 0.5) is 24.5 Å². The molecule has 2 aromatic carbocycles. The third kappa shape index (κ3) is 4.13. The lowest BCUT2D eigenvalue weighted by atomic mass is 10.2. The van der Waals surface area contributed by atoms with E-state index in [0.717, 1.165) is 12.1 Å². The van der Waals surface area contributed by atoms with Gasteiger partial charge in [-0.15, -0.1) is 0 Å². The van der Waals surface area contributed by atoms with Crippen molar-refractivity contribution in [3.05, 3.63) is 53.8 Å². The molecular formula is C14H11F3N2O2. The highest BCUT2D eigenvalue weighted by Crippen LogP contribution is 2.18. The molecular weight excluding hydrogens is 285 g/mol. The highest BCUT2D eigenvalue weighted by Gasteiger charge is 2.09. The maximum Gasteiger partial charge on any atom is 0.387 e. The summed E-state index contributed by atoms with van der Waals surface area (Å²) in [6.45, 7) is -2.93. The van der Waals surface area contributed by atoms with Crippen LogP contribution in [-0.2, 0) is 0 Å². The number of benzene rings is 2. The Morgan fingerprint density at radius 2 is 1.81 bits per heavy atom. The largest absolute Gasteiger partial charge is 0.435 e. The van der Waals surface area contributed by atoms with Crippen LogP contribution >= 0.6 is 0 Å². The second-order valence-corrected chi connectivity index (χ2v) is 4.13. The fraction of sp³-hybridized carbons (Fsp3) is 0.0714. The van der Waals surface area contributed by atoms with E-state index in [-0.39, 0.29) is 22.7 Å². The van der Waals surface area contributed by atoms with E-state index in [1.54, 1.807) is 0 Å². The number of halogens is 3. The smallest absolute Gasteiger partial charge is 0.387 e. The van der Waals surface area contributed by atoms with Crippen LogP contribution in [0.25, 0.3) is 0 Å². The average Bonchev–Trinajstić information content (AvgIpc) is 2.37. The minimum atomic E-state index is -2.93. The van der Waals surface area contributed by atoms with E-state index in [1.165, 1.54) is 30.3 Å². The molecule has 0 aromatic heterocycles. The molecule has 21 heavy (non-hydrogen) atoms. The minimum Gasteiger partial charge on any atom is -0.435 e. The maximum absolute atomic E-state index is 13.1. The van der Waals surface area contributed by atoms with Gasteiger partial charge in [0.25, 0.3) is 5.91 Å². The molecule has 0 fully saturated rings. The molecule has 0 radical (unpaired) electrons. The molecule has 2 rings (SSSR count). The number of anilines is 2. The Hall–Kier alpha value is -2.70. The number of nitrogens with one attached hydrogen (secondary N) is 1. The zero-order chi connectivity index (χ0) is 15.4. The van der Waals surface area contributed by atoms with E-state index in [0.29, 0.717) is 0 Å². The SMILES string of the molecule is Nc1cc(F)cc(NC(=O)c2ccc(OC(F)F)cc2)c1. The van der Waals surface area contributed by atoms with Crippen LogP contribution < -0.4 is 15.8 Å². The van der Waals surface area contributed by atoms with E-state index < -0.39 is 18.3 Å². The van der Waals surface area contributed by atoms with Gasteiger partial charge in [-0.3, -0.25) is 4.79 Å². The predicted molar refractivity (Wildman–Crippen MR) is 71.8 cm³/mol. The van der Waals surface area contributed by atoms with Crippen molar-refractivity contribution in [2.75, 3.05) is 11.1 Å². The van der Waals surface area contributed by atoms with E-state index in [9.17, 15) is 18.0 Å². The zero-order valence-corrected chi connectivity index (χ0v) is 10.6. The number of hydrogen-bond acceptors (Lipinski definition) is 3. The molecule has 0 aliphatic rings. The quantitative estimate of drug-likeness (QED) is 0.851. The molecule has 0 unspecified atom stereocenters. The van der Waals surface area contributed by atoms with Gasteiger partial charge in [-0.05, 0) is 42.5 Å². The van der Waals surface area contributed by atoms with Gasteiger partial charge in [0.15, 0.2) is 0 Å². The lowest BCUT2D eigenvalue weighted by Crippen LogP contribution is -2.12. The van der Waals surface area contributed by atoms with Crippen LogP contribution in [-0.4, -0.2) is 12.5 Å². The minimum absolute atomic E-state index is 0.0587. The second-order valence-electron chi connectivity index (χ2n) is 4.13. The van der Waals surface area contributed by atoms with Crippen LogP contribution in [0.15, 0.2) is 42.5 Å². The molecule has 3 N–H and O–H groups in total. The average molecular weight is 296 g/mol. The summed E-state index contributed by atoms with van der Waals surface area (Å²) in [7, 11) is 0. The Labute approximate surface area is 118 Å². The number of nitrogens with two attached hydrogens (primary N) is 1. The number of rotatable bonds is 4. The van der Waals surface area contributed by atoms with Gasteiger partial charge in [0.05, 0.1) is 0 Å². The highest BCUT2D eigenvalue weighted by atomic mass is 19.3. The van der Waals surface area contributed by atoms with Crippen LogP contribution in [0.2, 0.25) is 0 Å². The molecule has 4 nitrogen and oxygen atoms in total. The summed E-state index contributed by atoms with van der Waals surface area (Å²) in [6, 6.07) is 8.73. The van der Waals surface area contributed by atoms with E-state index >= 15 is 0 Å². The third-order valence-electron chi connectivity index (χ3n) is 2.52. The number of carbonyl (C=O) groups excluding carboxylic acids is 1. The Kier molecular flexibility index (Phi) is 4.32. The molecule has 0 saturated carbocycles. The maximum atomic E-state index is 13.1. The summed E-state index contributed by atoms with van der Waals surface area (Å²) in [6.07, 6.45) is 0. The summed E-state index contributed by atoms with van der Waals surface area (Å²) >= 11 is 0. The monoisotopic (exact) mass is 296 g/mol. The van der Waals surface area contributed by atoms with Gasteiger partial charge in [-0.2, -0.15) is 8.78 Å². The lowest BCUT2D eigenvalue weighted by Gasteiger charge is -2.08. The molecule has 0 aliphatic heterocycles. The van der Waals surface area contributed by atoms with Crippen molar-refractivity contribution < 1.29 is 22.7 Å². The first-order valence-electron chi connectivity index (χ1n) is 5.86. The van der Waals surface area contributed by atoms with Gasteiger partial charge in [-0.25, -0.2) is 4.39 Å². The number of ether oxygens (including phenoxy) is 1. The van der Waals surface area contributed by atoms with E-state index in [2.05, 4.69) is 10.1 Å². The number of carbonyl (C=O) groups is 1. The van der Waals surface area contributed by atoms with Crippen LogP contribution in [0.3, 0.4) is 0 Å². The molecule has 0 atom stereocenters. The fourth-order valence-electron chi connectivity index (χ4n) is 1.68. The second kappa shape index (κ2) is 6.17. The van der Waals surface area contributed by atoms with Gasteiger partial charge >= 0.3 is 6.61 Å². The summed E-state index contributed by atoms with van der Waals surface area (Å²) in [5, 5.41) is 2.45. The van der Waals surface area contributed by atoms with Gasteiger partial charge < -0.3 is 15.8 Å². The van der Waals surface area contributed by atoms with Gasteiger partial charge in [0, 0.05) is 16.9 Å². The first-order chi connectivity index (χ1) is 9.94. The van der Waals surface area contributed by atoms with Crippen LogP contribution in [0, 0.1) is 5.82 Å². The first-order valence-corrected chi connectivity index (χ1v) is 5.86. The number of hydrogen-bond donors (Lipinski definition) is 2. The standard InChI is InChI=1S/C14H11F3N2O2/c15-9-5-10(18)7-11(6-9)19-13(20)8-1-3-12(4-2-8)21-14(16)17/h1-7,14H,18H2,(H,19,20). The molecule has 0 saturated heterocycles. The number of alkyl halides is 2. The molecule has 0 spiro atoms. The normalized spacial score (nSPS) is 10.5. The van der Waals surface area contributed by atoms with Gasteiger partial charge in [0.1, 0.15) is 11.6 Å². The molecule has 7 heteroatoms. The summed E-state index contributed by atoms with van der Waals surface area (Å²) in [4.78, 5) is 11.9. The van der Waals surface area contributed by atoms with Crippen molar-refractivity contribution in [3.63, 3.8) is 0 Å². The molecule has 2 aromatic rings. The Morgan fingerprint density at radius 3 is 2.38 bits per heavy atom. The summed E-state index contributed by atoms with van der Waals surface area (Å²) in [5.41, 5.74) is 6.04. The molecule has 110 valence electrons. The molecule has 0 aliphatic carbocycles. The lowest BCUT2D eigenvalue weighted by molar-refractivity contribution is -0.0498. The van der Waals surface area contributed by atoms with Crippen molar-refractivity contribution in [3.8, 4) is 5.75 Å². The van der Waals surface area contributed by atoms with Crippen molar-refractivity contribution in [2.24, 2.45) is 0 Å². The summed E-state index contributed by atoms with van der Waals surface area (Å²) < 4.78 is 41.3. The Bertz CT molecular complexity index is 625. The van der Waals surface area contributed by atoms with Gasteiger partial charge in [0.2, 0.25) is 0 Å². The third-order valence-corrected chi connectivity index (χ3v) is 2.52. The van der Waals surface area contributed by atoms with Crippen molar-refractivity contribution in [1.29, 1.82) is 0 Å². The topological polar surface area (TPSA) is 64.3 Å². The number of nitrogen functional groups attached to an aromatic ring is 1. The van der Waals surface area contributed by atoms with Crippen molar-refractivity contribution in [2.45, 2.75) is 6.61 Å². The zero-order valence-electron chi connectivity index (χ0n) is 10.6. The number of amides is 1. The Morgan fingerprint density at radius 1 is 1.14 bits per heavy atom. The highest BCUT2D eigenvalue weighted by molar-refractivity contribution is 6.04. The van der Waals surface area contributed by atoms with E-state index in [4.69, 9.17) is 5.73 Å². The predicted octanol–water partition coefficient (Wildman–Crippen LogP) is 3.26. The molecule has 1 amide bonds. The summed E-state index contributed by atoms with van der Waals surface area (Å²) in [5.74, 6) is -1.16.